The number of hydrogen-bond acceptors (Lipinski definition) is 3. The van der Waals surface area contributed by atoms with E-state index in [1.807, 2.05) is 0 Å². The van der Waals surface area contributed by atoms with Gasteiger partial charge in [-0.3, -0.25) is 9.59 Å². The summed E-state index contributed by atoms with van der Waals surface area (Å²) in [7, 11) is 1.38. The number of hydrogen-bond donors (Lipinski definition) is 1. The maximum atomic E-state index is 14.0. The standard InChI is InChI=1S/C13H15FN2O3/c1-8-13(18)16(7-11(17)15-8)6-9-4-3-5-10(19-2)12(9)14/h3-5,8H,6-7H2,1-2H3,(H,15,17). The van der Waals surface area contributed by atoms with E-state index in [4.69, 9.17) is 4.74 Å². The van der Waals surface area contributed by atoms with Crippen molar-refractivity contribution in [3.63, 3.8) is 0 Å². The van der Waals surface area contributed by atoms with Crippen molar-refractivity contribution in [2.75, 3.05) is 13.7 Å². The van der Waals surface area contributed by atoms with Crippen molar-refractivity contribution in [3.05, 3.63) is 29.6 Å². The van der Waals surface area contributed by atoms with Crippen molar-refractivity contribution in [2.45, 2.75) is 19.5 Å². The first-order valence-corrected chi connectivity index (χ1v) is 5.92. The predicted octanol–water partition coefficient (Wildman–Crippen LogP) is 0.681. The van der Waals surface area contributed by atoms with Crippen LogP contribution in [-0.4, -0.2) is 36.4 Å². The van der Waals surface area contributed by atoms with Crippen LogP contribution in [-0.2, 0) is 16.1 Å². The summed E-state index contributed by atoms with van der Waals surface area (Å²) >= 11 is 0. The van der Waals surface area contributed by atoms with Crippen LogP contribution in [0, 0.1) is 5.82 Å². The smallest absolute Gasteiger partial charge is 0.245 e. The highest BCUT2D eigenvalue weighted by molar-refractivity contribution is 5.94. The number of ether oxygens (including phenoxy) is 1. The SMILES string of the molecule is COc1cccc(CN2CC(=O)NC(C)C2=O)c1F. The average molecular weight is 266 g/mol. The lowest BCUT2D eigenvalue weighted by Crippen LogP contribution is -2.56. The lowest BCUT2D eigenvalue weighted by atomic mass is 10.1. The number of piperazine rings is 1. The summed E-state index contributed by atoms with van der Waals surface area (Å²) < 4.78 is 18.9. The van der Waals surface area contributed by atoms with Crippen molar-refractivity contribution >= 4 is 11.8 Å². The molecular weight excluding hydrogens is 251 g/mol. The molecule has 1 unspecified atom stereocenters. The Morgan fingerprint density at radius 1 is 1.47 bits per heavy atom. The Labute approximate surface area is 110 Å². The predicted molar refractivity (Wildman–Crippen MR) is 66.0 cm³/mol. The second-order valence-electron chi connectivity index (χ2n) is 4.42. The van der Waals surface area contributed by atoms with E-state index in [1.54, 1.807) is 19.1 Å². The summed E-state index contributed by atoms with van der Waals surface area (Å²) in [6.45, 7) is 1.60. The lowest BCUT2D eigenvalue weighted by Gasteiger charge is -2.30. The highest BCUT2D eigenvalue weighted by atomic mass is 19.1. The number of amides is 2. The molecule has 1 N–H and O–H groups in total. The average Bonchev–Trinajstić information content (AvgIpc) is 2.37. The molecule has 0 aromatic heterocycles. The number of methoxy groups -OCH3 is 1. The summed E-state index contributed by atoms with van der Waals surface area (Å²) in [5.41, 5.74) is 0.328. The zero-order chi connectivity index (χ0) is 14.0. The Morgan fingerprint density at radius 2 is 2.21 bits per heavy atom. The molecule has 1 fully saturated rings. The molecular formula is C13H15FN2O3. The fourth-order valence-electron chi connectivity index (χ4n) is 2.05. The van der Waals surface area contributed by atoms with E-state index in [-0.39, 0.29) is 30.7 Å². The van der Waals surface area contributed by atoms with Gasteiger partial charge in [0, 0.05) is 12.1 Å². The third-order valence-corrected chi connectivity index (χ3v) is 3.02. The van der Waals surface area contributed by atoms with E-state index in [2.05, 4.69) is 5.32 Å². The van der Waals surface area contributed by atoms with Crippen molar-refractivity contribution in [1.82, 2.24) is 10.2 Å². The number of halogens is 1. The van der Waals surface area contributed by atoms with Gasteiger partial charge in [0.15, 0.2) is 11.6 Å². The quantitative estimate of drug-likeness (QED) is 0.875. The van der Waals surface area contributed by atoms with Crippen molar-refractivity contribution < 1.29 is 18.7 Å². The van der Waals surface area contributed by atoms with Gasteiger partial charge in [0.25, 0.3) is 0 Å². The third-order valence-electron chi connectivity index (χ3n) is 3.02. The topological polar surface area (TPSA) is 58.6 Å². The Balaban J connectivity index is 2.21. The van der Waals surface area contributed by atoms with Gasteiger partial charge in [-0.05, 0) is 13.0 Å². The number of rotatable bonds is 3. The highest BCUT2D eigenvalue weighted by Crippen LogP contribution is 2.21. The molecule has 2 rings (SSSR count). The Morgan fingerprint density at radius 3 is 2.89 bits per heavy atom. The first-order valence-electron chi connectivity index (χ1n) is 5.92. The van der Waals surface area contributed by atoms with Gasteiger partial charge in [-0.1, -0.05) is 12.1 Å². The van der Waals surface area contributed by atoms with Gasteiger partial charge in [-0.15, -0.1) is 0 Å². The van der Waals surface area contributed by atoms with Crippen LogP contribution in [0.15, 0.2) is 18.2 Å². The minimum Gasteiger partial charge on any atom is -0.494 e. The van der Waals surface area contributed by atoms with E-state index in [9.17, 15) is 14.0 Å². The minimum absolute atomic E-state index is 0.0552. The molecule has 1 atom stereocenters. The molecule has 0 saturated carbocycles. The molecule has 1 saturated heterocycles. The molecule has 0 aliphatic carbocycles. The van der Waals surface area contributed by atoms with Crippen LogP contribution in [0.4, 0.5) is 4.39 Å². The molecule has 102 valence electrons. The number of nitrogens with zero attached hydrogens (tertiary/aromatic N) is 1. The van der Waals surface area contributed by atoms with Gasteiger partial charge in [0.05, 0.1) is 13.7 Å². The van der Waals surface area contributed by atoms with E-state index >= 15 is 0 Å². The van der Waals surface area contributed by atoms with Gasteiger partial charge in [0.1, 0.15) is 6.04 Å². The Bertz CT molecular complexity index is 519. The molecule has 1 aromatic carbocycles. The van der Waals surface area contributed by atoms with Crippen LogP contribution in [0.25, 0.3) is 0 Å². The van der Waals surface area contributed by atoms with Crippen molar-refractivity contribution in [3.8, 4) is 5.75 Å². The van der Waals surface area contributed by atoms with Crippen LogP contribution in [0.1, 0.15) is 12.5 Å². The molecule has 5 nitrogen and oxygen atoms in total. The second kappa shape index (κ2) is 5.26. The molecule has 1 aliphatic heterocycles. The Hall–Kier alpha value is -2.11. The van der Waals surface area contributed by atoms with Crippen LogP contribution in [0.3, 0.4) is 0 Å². The zero-order valence-corrected chi connectivity index (χ0v) is 10.8. The van der Waals surface area contributed by atoms with Crippen LogP contribution >= 0.6 is 0 Å². The molecule has 6 heteroatoms. The zero-order valence-electron chi connectivity index (χ0n) is 10.8. The van der Waals surface area contributed by atoms with Gasteiger partial charge in [-0.25, -0.2) is 4.39 Å². The first-order chi connectivity index (χ1) is 9.02. The molecule has 19 heavy (non-hydrogen) atoms. The van der Waals surface area contributed by atoms with Gasteiger partial charge >= 0.3 is 0 Å². The van der Waals surface area contributed by atoms with E-state index in [0.29, 0.717) is 5.56 Å². The van der Waals surface area contributed by atoms with Crippen LogP contribution < -0.4 is 10.1 Å². The molecule has 0 bridgehead atoms. The third kappa shape index (κ3) is 2.67. The van der Waals surface area contributed by atoms with Gasteiger partial charge in [0.2, 0.25) is 11.8 Å². The fraction of sp³-hybridized carbons (Fsp3) is 0.385. The molecule has 1 heterocycles. The van der Waals surface area contributed by atoms with Crippen molar-refractivity contribution in [2.24, 2.45) is 0 Å². The number of carbonyl (C=O) groups excluding carboxylic acids is 2. The van der Waals surface area contributed by atoms with E-state index in [1.165, 1.54) is 18.1 Å². The molecule has 1 aromatic rings. The lowest BCUT2D eigenvalue weighted by molar-refractivity contribution is -0.144. The van der Waals surface area contributed by atoms with E-state index in [0.717, 1.165) is 0 Å². The normalized spacial score (nSPS) is 19.3. The van der Waals surface area contributed by atoms with Crippen LogP contribution in [0.2, 0.25) is 0 Å². The molecule has 0 radical (unpaired) electrons. The maximum Gasteiger partial charge on any atom is 0.245 e. The molecule has 0 spiro atoms. The van der Waals surface area contributed by atoms with Gasteiger partial charge < -0.3 is 15.0 Å². The summed E-state index contributed by atoms with van der Waals surface area (Å²) in [4.78, 5) is 24.6. The summed E-state index contributed by atoms with van der Waals surface area (Å²) in [5, 5.41) is 2.53. The molecule has 1 aliphatic rings. The summed E-state index contributed by atoms with van der Waals surface area (Å²) in [5.74, 6) is -0.840. The molecule has 2 amide bonds. The van der Waals surface area contributed by atoms with E-state index < -0.39 is 11.9 Å². The van der Waals surface area contributed by atoms with Crippen molar-refractivity contribution in [1.29, 1.82) is 0 Å². The first kappa shape index (κ1) is 13.3. The second-order valence-corrected chi connectivity index (χ2v) is 4.42. The van der Waals surface area contributed by atoms with Gasteiger partial charge in [-0.2, -0.15) is 0 Å². The largest absolute Gasteiger partial charge is 0.494 e. The summed E-state index contributed by atoms with van der Waals surface area (Å²) in [6.07, 6.45) is 0. The minimum atomic E-state index is -0.574. The summed E-state index contributed by atoms with van der Waals surface area (Å²) in [6, 6.07) is 4.15. The van der Waals surface area contributed by atoms with Crippen LogP contribution in [0.5, 0.6) is 5.75 Å². The monoisotopic (exact) mass is 266 g/mol. The number of benzene rings is 1. The number of nitrogens with one attached hydrogen (secondary N) is 1. The number of carbonyl (C=O) groups is 2. The fourth-order valence-corrected chi connectivity index (χ4v) is 2.05. The Kier molecular flexibility index (Phi) is 3.69. The maximum absolute atomic E-state index is 14.0. The highest BCUT2D eigenvalue weighted by Gasteiger charge is 2.30.